The minimum atomic E-state index is -0.315. The Labute approximate surface area is 141 Å². The molecule has 1 amide bonds. The smallest absolute Gasteiger partial charge is 0.339 e. The monoisotopic (exact) mass is 321 g/mol. The first-order valence-corrected chi connectivity index (χ1v) is 8.40. The molecule has 0 spiro atoms. The number of ether oxygens (including phenoxy) is 1. The van der Waals surface area contributed by atoms with Crippen molar-refractivity contribution in [2.45, 2.75) is 25.4 Å². The van der Waals surface area contributed by atoms with Gasteiger partial charge in [0.1, 0.15) is 6.10 Å². The lowest BCUT2D eigenvalue weighted by Crippen LogP contribution is -2.28. The van der Waals surface area contributed by atoms with Gasteiger partial charge in [-0.2, -0.15) is 0 Å². The number of rotatable bonds is 2. The van der Waals surface area contributed by atoms with Gasteiger partial charge in [-0.25, -0.2) is 4.79 Å². The summed E-state index contributed by atoms with van der Waals surface area (Å²) in [6, 6.07) is 15.1. The fourth-order valence-electron chi connectivity index (χ4n) is 3.49. The number of carbonyl (C=O) groups excluding carboxylic acids is 2. The number of hydrogen-bond donors (Lipinski definition) is 0. The second-order valence-electron chi connectivity index (χ2n) is 6.38. The second-order valence-corrected chi connectivity index (χ2v) is 6.38. The third kappa shape index (κ3) is 2.68. The number of esters is 1. The molecule has 1 atom stereocenters. The molecule has 2 aromatic rings. The Morgan fingerprint density at radius 2 is 1.79 bits per heavy atom. The molecule has 2 aliphatic heterocycles. The molecule has 4 nitrogen and oxygen atoms in total. The highest BCUT2D eigenvalue weighted by Gasteiger charge is 2.29. The standard InChI is InChI=1S/C20H19NO3/c22-19(21-10-4-5-11-21)15-8-9-17-16(12-15)13-18(24-20(17)23)14-6-2-1-3-7-14/h1-3,6-9,12,18H,4-5,10-11,13H2/t18-/m0/s1. The number of fused-ring (bicyclic) bond motifs is 1. The minimum Gasteiger partial charge on any atom is -0.454 e. The summed E-state index contributed by atoms with van der Waals surface area (Å²) >= 11 is 0. The molecule has 1 saturated heterocycles. The molecule has 4 rings (SSSR count). The Balaban J connectivity index is 1.63. The summed E-state index contributed by atoms with van der Waals surface area (Å²) in [4.78, 5) is 26.8. The average molecular weight is 321 g/mol. The van der Waals surface area contributed by atoms with Crippen LogP contribution in [0.1, 0.15) is 50.8 Å². The zero-order valence-corrected chi connectivity index (χ0v) is 13.4. The molecule has 0 bridgehead atoms. The Bertz CT molecular complexity index is 779. The van der Waals surface area contributed by atoms with Crippen LogP contribution in [0.25, 0.3) is 0 Å². The summed E-state index contributed by atoms with van der Waals surface area (Å²) in [5.74, 6) is -0.254. The third-order valence-electron chi connectivity index (χ3n) is 4.79. The van der Waals surface area contributed by atoms with Crippen molar-refractivity contribution in [1.82, 2.24) is 4.90 Å². The predicted molar refractivity (Wildman–Crippen MR) is 89.9 cm³/mol. The molecule has 4 heteroatoms. The number of carbonyl (C=O) groups is 2. The largest absolute Gasteiger partial charge is 0.454 e. The minimum absolute atomic E-state index is 0.0606. The highest BCUT2D eigenvalue weighted by molar-refractivity contribution is 5.97. The van der Waals surface area contributed by atoms with Gasteiger partial charge in [0.25, 0.3) is 5.91 Å². The van der Waals surface area contributed by atoms with Gasteiger partial charge in [-0.1, -0.05) is 30.3 Å². The highest BCUT2D eigenvalue weighted by Crippen LogP contribution is 2.31. The molecule has 2 aromatic carbocycles. The van der Waals surface area contributed by atoms with Crippen molar-refractivity contribution in [3.8, 4) is 0 Å². The molecule has 0 unspecified atom stereocenters. The van der Waals surface area contributed by atoms with E-state index < -0.39 is 0 Å². The van der Waals surface area contributed by atoms with Crippen molar-refractivity contribution in [2.75, 3.05) is 13.1 Å². The first-order chi connectivity index (χ1) is 11.7. The Morgan fingerprint density at radius 1 is 1.04 bits per heavy atom. The van der Waals surface area contributed by atoms with Crippen molar-refractivity contribution in [1.29, 1.82) is 0 Å². The van der Waals surface area contributed by atoms with Gasteiger partial charge >= 0.3 is 5.97 Å². The molecular weight excluding hydrogens is 302 g/mol. The Hall–Kier alpha value is -2.62. The van der Waals surface area contributed by atoms with E-state index in [1.54, 1.807) is 12.1 Å². The fourth-order valence-corrected chi connectivity index (χ4v) is 3.49. The molecular formula is C20H19NO3. The third-order valence-corrected chi connectivity index (χ3v) is 4.79. The summed E-state index contributed by atoms with van der Waals surface area (Å²) in [6.07, 6.45) is 2.45. The van der Waals surface area contributed by atoms with Crippen LogP contribution in [-0.4, -0.2) is 29.9 Å². The number of cyclic esters (lactones) is 1. The van der Waals surface area contributed by atoms with Crippen LogP contribution >= 0.6 is 0 Å². The molecule has 0 radical (unpaired) electrons. The maximum absolute atomic E-state index is 12.6. The number of hydrogen-bond acceptors (Lipinski definition) is 3. The fraction of sp³-hybridized carbons (Fsp3) is 0.300. The van der Waals surface area contributed by atoms with Gasteiger partial charge in [0.05, 0.1) is 5.56 Å². The van der Waals surface area contributed by atoms with Gasteiger partial charge in [0, 0.05) is 25.1 Å². The van der Waals surface area contributed by atoms with Crippen molar-refractivity contribution in [3.63, 3.8) is 0 Å². The van der Waals surface area contributed by atoms with Crippen molar-refractivity contribution >= 4 is 11.9 Å². The van der Waals surface area contributed by atoms with Gasteiger partial charge in [-0.15, -0.1) is 0 Å². The molecule has 24 heavy (non-hydrogen) atoms. The van der Waals surface area contributed by atoms with E-state index in [0.29, 0.717) is 17.5 Å². The van der Waals surface area contributed by atoms with Crippen LogP contribution in [0.15, 0.2) is 48.5 Å². The van der Waals surface area contributed by atoms with E-state index in [2.05, 4.69) is 0 Å². The molecule has 122 valence electrons. The molecule has 0 N–H and O–H groups in total. The first kappa shape index (κ1) is 14.9. The van der Waals surface area contributed by atoms with Crippen LogP contribution < -0.4 is 0 Å². The topological polar surface area (TPSA) is 46.6 Å². The molecule has 0 aromatic heterocycles. The summed E-state index contributed by atoms with van der Waals surface area (Å²) in [5.41, 5.74) is 3.11. The first-order valence-electron chi connectivity index (χ1n) is 8.40. The van der Waals surface area contributed by atoms with Gasteiger partial charge in [0.15, 0.2) is 0 Å². The number of benzene rings is 2. The van der Waals surface area contributed by atoms with E-state index in [1.807, 2.05) is 41.3 Å². The van der Waals surface area contributed by atoms with Gasteiger partial charge in [-0.3, -0.25) is 4.79 Å². The summed E-state index contributed by atoms with van der Waals surface area (Å²) < 4.78 is 5.56. The van der Waals surface area contributed by atoms with Gasteiger partial charge < -0.3 is 9.64 Å². The average Bonchev–Trinajstić information content (AvgIpc) is 3.16. The quantitative estimate of drug-likeness (QED) is 0.797. The van der Waals surface area contributed by atoms with Crippen LogP contribution in [0.2, 0.25) is 0 Å². The van der Waals surface area contributed by atoms with Crippen molar-refractivity contribution in [3.05, 3.63) is 70.8 Å². The Kier molecular flexibility index (Phi) is 3.81. The SMILES string of the molecule is O=C1O[C@H](c2ccccc2)Cc2cc(C(=O)N3CCCC3)ccc21. The van der Waals surface area contributed by atoms with E-state index in [-0.39, 0.29) is 18.0 Å². The van der Waals surface area contributed by atoms with Crippen molar-refractivity contribution in [2.24, 2.45) is 0 Å². The van der Waals surface area contributed by atoms with Crippen LogP contribution in [0, 0.1) is 0 Å². The maximum atomic E-state index is 12.6. The molecule has 0 aliphatic carbocycles. The lowest BCUT2D eigenvalue weighted by molar-refractivity contribution is 0.0252. The summed E-state index contributed by atoms with van der Waals surface area (Å²) in [6.45, 7) is 1.65. The number of likely N-dealkylation sites (tertiary alicyclic amines) is 1. The second kappa shape index (κ2) is 6.11. The van der Waals surface area contributed by atoms with Gasteiger partial charge in [-0.05, 0) is 42.2 Å². The molecule has 2 aliphatic rings. The van der Waals surface area contributed by atoms with Crippen LogP contribution in [-0.2, 0) is 11.2 Å². The summed E-state index contributed by atoms with van der Waals surface area (Å²) in [5, 5.41) is 0. The molecule has 2 heterocycles. The highest BCUT2D eigenvalue weighted by atomic mass is 16.5. The van der Waals surface area contributed by atoms with Gasteiger partial charge in [0.2, 0.25) is 0 Å². The van der Waals surface area contributed by atoms with Crippen molar-refractivity contribution < 1.29 is 14.3 Å². The number of nitrogens with zero attached hydrogens (tertiary/aromatic N) is 1. The zero-order valence-electron chi connectivity index (χ0n) is 13.4. The maximum Gasteiger partial charge on any atom is 0.339 e. The van der Waals surface area contributed by atoms with E-state index in [9.17, 15) is 9.59 Å². The van der Waals surface area contributed by atoms with E-state index in [1.165, 1.54) is 0 Å². The zero-order chi connectivity index (χ0) is 16.5. The molecule has 0 saturated carbocycles. The van der Waals surface area contributed by atoms with Crippen LogP contribution in [0.4, 0.5) is 0 Å². The molecule has 1 fully saturated rings. The lowest BCUT2D eigenvalue weighted by Gasteiger charge is -2.25. The van der Waals surface area contributed by atoms with E-state index in [0.717, 1.165) is 37.1 Å². The predicted octanol–water partition coefficient (Wildman–Crippen LogP) is 3.38. The van der Waals surface area contributed by atoms with E-state index in [4.69, 9.17) is 4.74 Å². The lowest BCUT2D eigenvalue weighted by atomic mass is 9.93. The van der Waals surface area contributed by atoms with E-state index >= 15 is 0 Å². The Morgan fingerprint density at radius 3 is 2.54 bits per heavy atom. The summed E-state index contributed by atoms with van der Waals surface area (Å²) in [7, 11) is 0. The number of amides is 1. The normalized spacial score (nSPS) is 19.8. The van der Waals surface area contributed by atoms with Crippen LogP contribution in [0.5, 0.6) is 0 Å². The van der Waals surface area contributed by atoms with Crippen LogP contribution in [0.3, 0.4) is 0 Å².